The summed E-state index contributed by atoms with van der Waals surface area (Å²) >= 11 is 0. The first-order valence-corrected chi connectivity index (χ1v) is 4.14. The predicted molar refractivity (Wildman–Crippen MR) is 50.6 cm³/mol. The topological polar surface area (TPSA) is 83.6 Å². The van der Waals surface area contributed by atoms with Crippen LogP contribution in [0, 0.1) is 0 Å². The molecule has 0 aliphatic carbocycles. The number of nitrogens with zero attached hydrogens (tertiary/aromatic N) is 1. The molecule has 0 unspecified atom stereocenters. The molecule has 5 nitrogen and oxygen atoms in total. The minimum absolute atomic E-state index is 0.163. The molecule has 0 radical (unpaired) electrons. The molecule has 0 saturated heterocycles. The summed E-state index contributed by atoms with van der Waals surface area (Å²) in [6.45, 7) is 0. The van der Waals surface area contributed by atoms with E-state index < -0.39 is 5.97 Å². The molecule has 0 amide bonds. The number of aromatic nitrogens is 1. The van der Waals surface area contributed by atoms with Gasteiger partial charge in [-0.05, 0) is 12.1 Å². The molecule has 0 fully saturated rings. The van der Waals surface area contributed by atoms with Crippen LogP contribution in [0.25, 0.3) is 11.3 Å². The first-order valence-electron chi connectivity index (χ1n) is 4.14. The molecule has 0 spiro atoms. The van der Waals surface area contributed by atoms with Crippen LogP contribution >= 0.6 is 0 Å². The van der Waals surface area contributed by atoms with Crippen LogP contribution in [0.4, 0.5) is 0 Å². The highest BCUT2D eigenvalue weighted by atomic mass is 16.4. The number of carboxylic acid groups (broad SMARTS) is 1. The molecule has 0 bridgehead atoms. The molecule has 0 saturated carbocycles. The fraction of sp³-hybridized carbons (Fsp3) is 0. The Kier molecular flexibility index (Phi) is 2.13. The normalized spacial score (nSPS) is 10.1. The molecule has 1 aromatic carbocycles. The third kappa shape index (κ3) is 1.54. The molecular weight excluding hydrogens is 198 g/mol. The van der Waals surface area contributed by atoms with E-state index in [-0.39, 0.29) is 11.3 Å². The van der Waals surface area contributed by atoms with Crippen LogP contribution in [0.2, 0.25) is 0 Å². The van der Waals surface area contributed by atoms with E-state index in [0.717, 1.165) is 0 Å². The van der Waals surface area contributed by atoms with Crippen LogP contribution in [-0.4, -0.2) is 21.2 Å². The second-order valence-corrected chi connectivity index (χ2v) is 2.87. The number of aromatic carboxylic acids is 1. The monoisotopic (exact) mass is 205 g/mol. The second kappa shape index (κ2) is 3.45. The maximum absolute atomic E-state index is 10.7. The number of benzene rings is 1. The molecule has 5 heteroatoms. The Morgan fingerprint density at radius 3 is 2.80 bits per heavy atom. The summed E-state index contributed by atoms with van der Waals surface area (Å²) in [5, 5.41) is 18.4. The highest BCUT2D eigenvalue weighted by molar-refractivity contribution is 5.93. The summed E-state index contributed by atoms with van der Waals surface area (Å²) in [5.74, 6) is -1.17. The van der Waals surface area contributed by atoms with Gasteiger partial charge in [0, 0.05) is 0 Å². The lowest BCUT2D eigenvalue weighted by atomic mass is 10.1. The number of aromatic hydroxyl groups is 1. The van der Waals surface area contributed by atoms with E-state index in [4.69, 9.17) is 9.52 Å². The van der Waals surface area contributed by atoms with Gasteiger partial charge in [0.05, 0.1) is 11.8 Å². The lowest BCUT2D eigenvalue weighted by molar-refractivity contribution is 0.0694. The first kappa shape index (κ1) is 9.26. The Morgan fingerprint density at radius 1 is 1.40 bits per heavy atom. The van der Waals surface area contributed by atoms with E-state index in [1.165, 1.54) is 24.7 Å². The van der Waals surface area contributed by atoms with Crippen molar-refractivity contribution >= 4 is 5.97 Å². The van der Waals surface area contributed by atoms with Crippen molar-refractivity contribution in [3.63, 3.8) is 0 Å². The lowest BCUT2D eigenvalue weighted by Gasteiger charge is -2.03. The Bertz CT molecular complexity index is 490. The van der Waals surface area contributed by atoms with Crippen LogP contribution < -0.4 is 0 Å². The third-order valence-electron chi connectivity index (χ3n) is 1.96. The van der Waals surface area contributed by atoms with E-state index in [1.807, 2.05) is 0 Å². The van der Waals surface area contributed by atoms with Crippen molar-refractivity contribution in [2.75, 3.05) is 0 Å². The van der Waals surface area contributed by atoms with Gasteiger partial charge in [0.1, 0.15) is 11.3 Å². The van der Waals surface area contributed by atoms with Gasteiger partial charge in [-0.3, -0.25) is 0 Å². The quantitative estimate of drug-likeness (QED) is 0.780. The third-order valence-corrected chi connectivity index (χ3v) is 1.96. The minimum atomic E-state index is -1.19. The molecule has 15 heavy (non-hydrogen) atoms. The van der Waals surface area contributed by atoms with Crippen LogP contribution in [0.1, 0.15) is 10.4 Å². The van der Waals surface area contributed by atoms with Gasteiger partial charge in [-0.2, -0.15) is 0 Å². The predicted octanol–water partition coefficient (Wildman–Crippen LogP) is 1.75. The number of hydrogen-bond donors (Lipinski definition) is 2. The zero-order valence-electron chi connectivity index (χ0n) is 7.54. The van der Waals surface area contributed by atoms with Crippen molar-refractivity contribution in [1.82, 2.24) is 4.98 Å². The van der Waals surface area contributed by atoms with Gasteiger partial charge in [-0.1, -0.05) is 6.07 Å². The Balaban J connectivity index is 2.59. The zero-order valence-corrected chi connectivity index (χ0v) is 7.54. The average molecular weight is 205 g/mol. The number of para-hydroxylation sites is 1. The highest BCUT2D eigenvalue weighted by Gasteiger charge is 2.15. The second-order valence-electron chi connectivity index (χ2n) is 2.87. The van der Waals surface area contributed by atoms with Crippen molar-refractivity contribution < 1.29 is 19.4 Å². The Labute approximate surface area is 84.6 Å². The molecule has 0 atom stereocenters. The highest BCUT2D eigenvalue weighted by Crippen LogP contribution is 2.31. The summed E-state index contributed by atoms with van der Waals surface area (Å²) in [7, 11) is 0. The first-order chi connectivity index (χ1) is 7.20. The van der Waals surface area contributed by atoms with Crippen molar-refractivity contribution in [3.8, 4) is 17.1 Å². The SMILES string of the molecule is O=C(O)c1cccc(-c2cnco2)c1O. The van der Waals surface area contributed by atoms with Gasteiger partial charge in [0.25, 0.3) is 0 Å². The summed E-state index contributed by atoms with van der Waals surface area (Å²) in [4.78, 5) is 14.4. The smallest absolute Gasteiger partial charge is 0.339 e. The summed E-state index contributed by atoms with van der Waals surface area (Å²) in [5.41, 5.74) is 0.149. The molecule has 0 aliphatic rings. The number of carboxylic acids is 1. The summed E-state index contributed by atoms with van der Waals surface area (Å²) in [6, 6.07) is 4.40. The van der Waals surface area contributed by atoms with Crippen LogP contribution in [0.5, 0.6) is 5.75 Å². The van der Waals surface area contributed by atoms with Gasteiger partial charge < -0.3 is 14.6 Å². The standard InChI is InChI=1S/C10H7NO4/c12-9-6(8-4-11-5-15-8)2-1-3-7(9)10(13)14/h1-5,12H,(H,13,14). The number of carbonyl (C=O) groups is 1. The van der Waals surface area contributed by atoms with Crippen molar-refractivity contribution in [2.24, 2.45) is 0 Å². The van der Waals surface area contributed by atoms with E-state index in [9.17, 15) is 9.90 Å². The van der Waals surface area contributed by atoms with Gasteiger partial charge in [0.15, 0.2) is 12.2 Å². The van der Waals surface area contributed by atoms with Crippen molar-refractivity contribution in [1.29, 1.82) is 0 Å². The Morgan fingerprint density at radius 2 is 2.20 bits per heavy atom. The molecule has 1 aromatic heterocycles. The van der Waals surface area contributed by atoms with E-state index in [1.54, 1.807) is 6.07 Å². The molecule has 2 rings (SSSR count). The average Bonchev–Trinajstić information content (AvgIpc) is 2.70. The fourth-order valence-electron chi connectivity index (χ4n) is 1.26. The van der Waals surface area contributed by atoms with Crippen molar-refractivity contribution in [2.45, 2.75) is 0 Å². The summed E-state index contributed by atoms with van der Waals surface area (Å²) < 4.78 is 4.97. The van der Waals surface area contributed by atoms with E-state index >= 15 is 0 Å². The Hall–Kier alpha value is -2.30. The van der Waals surface area contributed by atoms with Gasteiger partial charge in [0.2, 0.25) is 0 Å². The van der Waals surface area contributed by atoms with Gasteiger partial charge in [-0.25, -0.2) is 9.78 Å². The van der Waals surface area contributed by atoms with E-state index in [0.29, 0.717) is 11.3 Å². The molecule has 2 N–H and O–H groups in total. The largest absolute Gasteiger partial charge is 0.506 e. The maximum atomic E-state index is 10.7. The van der Waals surface area contributed by atoms with E-state index in [2.05, 4.69) is 4.98 Å². The molecule has 2 aromatic rings. The summed E-state index contributed by atoms with van der Waals surface area (Å²) in [6.07, 6.45) is 2.61. The zero-order chi connectivity index (χ0) is 10.8. The number of oxazole rings is 1. The fourth-order valence-corrected chi connectivity index (χ4v) is 1.26. The van der Waals surface area contributed by atoms with Gasteiger partial charge >= 0.3 is 5.97 Å². The molecule has 76 valence electrons. The van der Waals surface area contributed by atoms with Gasteiger partial charge in [-0.15, -0.1) is 0 Å². The molecular formula is C10H7NO4. The van der Waals surface area contributed by atoms with Crippen LogP contribution in [-0.2, 0) is 0 Å². The number of hydrogen-bond acceptors (Lipinski definition) is 4. The number of rotatable bonds is 2. The van der Waals surface area contributed by atoms with Crippen LogP contribution in [0.3, 0.4) is 0 Å². The van der Waals surface area contributed by atoms with Crippen molar-refractivity contribution in [3.05, 3.63) is 36.4 Å². The maximum Gasteiger partial charge on any atom is 0.339 e. The van der Waals surface area contributed by atoms with Crippen LogP contribution in [0.15, 0.2) is 35.2 Å². The lowest BCUT2D eigenvalue weighted by Crippen LogP contribution is -1.97. The number of phenols is 1. The minimum Gasteiger partial charge on any atom is -0.506 e. The molecule has 1 heterocycles. The molecule has 0 aliphatic heterocycles.